The highest BCUT2D eigenvalue weighted by Crippen LogP contribution is 2.41. The summed E-state index contributed by atoms with van der Waals surface area (Å²) in [5.41, 5.74) is 3.49. The second-order valence-corrected chi connectivity index (χ2v) is 7.36. The van der Waals surface area contributed by atoms with E-state index in [1.165, 1.54) is 0 Å². The molecule has 2 aromatic carbocycles. The zero-order valence-corrected chi connectivity index (χ0v) is 16.8. The van der Waals surface area contributed by atoms with Crippen LogP contribution in [0.4, 0.5) is 14.5 Å². The highest BCUT2D eigenvalue weighted by Gasteiger charge is 2.22. The molecule has 1 fully saturated rings. The Bertz CT molecular complexity index is 773. The molecule has 2 aromatic rings. The Morgan fingerprint density at radius 2 is 1.74 bits per heavy atom. The molecule has 27 heavy (non-hydrogen) atoms. The van der Waals surface area contributed by atoms with Gasteiger partial charge in [0.05, 0.1) is 5.02 Å². The van der Waals surface area contributed by atoms with Gasteiger partial charge in [0.25, 0.3) is 0 Å². The van der Waals surface area contributed by atoms with Gasteiger partial charge in [-0.1, -0.05) is 49.7 Å². The first-order valence-corrected chi connectivity index (χ1v) is 10.1. The number of hydrogen-bond donors (Lipinski definition) is 0. The Morgan fingerprint density at radius 1 is 1.04 bits per heavy atom. The van der Waals surface area contributed by atoms with Gasteiger partial charge in [0.15, 0.2) is 0 Å². The minimum Gasteiger partial charge on any atom is -0.369 e. The van der Waals surface area contributed by atoms with Crippen molar-refractivity contribution in [3.8, 4) is 11.1 Å². The average molecular weight is 393 g/mol. The summed E-state index contributed by atoms with van der Waals surface area (Å²) in [7, 11) is 0. The van der Waals surface area contributed by atoms with Gasteiger partial charge < -0.3 is 9.80 Å². The van der Waals surface area contributed by atoms with Gasteiger partial charge in [-0.25, -0.2) is 8.78 Å². The predicted molar refractivity (Wildman–Crippen MR) is 110 cm³/mol. The van der Waals surface area contributed by atoms with Crippen molar-refractivity contribution in [2.24, 2.45) is 0 Å². The lowest BCUT2D eigenvalue weighted by Gasteiger charge is -2.36. The van der Waals surface area contributed by atoms with Crippen molar-refractivity contribution < 1.29 is 8.78 Å². The number of rotatable bonds is 6. The van der Waals surface area contributed by atoms with E-state index in [1.807, 2.05) is 37.3 Å². The maximum absolute atomic E-state index is 14.7. The van der Waals surface area contributed by atoms with Crippen LogP contribution in [0.25, 0.3) is 11.1 Å². The maximum Gasteiger partial charge on any atom is 0.126 e. The fraction of sp³-hybridized carbons (Fsp3) is 0.455. The van der Waals surface area contributed by atoms with Crippen LogP contribution in [-0.4, -0.2) is 37.6 Å². The SMILES string of the molecule is CCC(F)c1cc(N2CCN(CC)CC2)cc(-c2ccccc2CF)c1Cl. The molecule has 1 unspecified atom stereocenters. The van der Waals surface area contributed by atoms with Crippen molar-refractivity contribution in [1.82, 2.24) is 4.90 Å². The molecule has 0 N–H and O–H groups in total. The third-order valence-electron chi connectivity index (χ3n) is 5.42. The molecule has 0 spiro atoms. The monoisotopic (exact) mass is 392 g/mol. The standard InChI is InChI=1S/C22H27ClF2N2/c1-3-21(25)20-14-17(27-11-9-26(4-2)10-12-27)13-19(22(20)23)18-8-6-5-7-16(18)15-24/h5-8,13-14,21H,3-4,9-12,15H2,1-2H3. The van der Waals surface area contributed by atoms with Gasteiger partial charge in [-0.3, -0.25) is 0 Å². The van der Waals surface area contributed by atoms with Gasteiger partial charge in [0.2, 0.25) is 0 Å². The van der Waals surface area contributed by atoms with E-state index in [-0.39, 0.29) is 0 Å². The second kappa shape index (κ2) is 9.03. The van der Waals surface area contributed by atoms with Crippen LogP contribution >= 0.6 is 11.6 Å². The molecule has 1 heterocycles. The molecule has 1 aliphatic rings. The van der Waals surface area contributed by atoms with E-state index >= 15 is 0 Å². The average Bonchev–Trinajstić information content (AvgIpc) is 2.73. The first-order valence-electron chi connectivity index (χ1n) is 9.68. The molecular weight excluding hydrogens is 366 g/mol. The van der Waals surface area contributed by atoms with Crippen molar-refractivity contribution in [2.75, 3.05) is 37.6 Å². The molecule has 1 aliphatic heterocycles. The molecule has 0 saturated carbocycles. The Labute approximate surface area is 165 Å². The summed E-state index contributed by atoms with van der Waals surface area (Å²) < 4.78 is 28.2. The minimum atomic E-state index is -1.13. The van der Waals surface area contributed by atoms with Crippen molar-refractivity contribution >= 4 is 17.3 Å². The molecule has 146 valence electrons. The molecule has 3 rings (SSSR count). The highest BCUT2D eigenvalue weighted by molar-refractivity contribution is 6.34. The third-order valence-corrected chi connectivity index (χ3v) is 5.84. The van der Waals surface area contributed by atoms with E-state index < -0.39 is 12.8 Å². The smallest absolute Gasteiger partial charge is 0.126 e. The van der Waals surface area contributed by atoms with Crippen LogP contribution < -0.4 is 4.90 Å². The molecule has 5 heteroatoms. The van der Waals surface area contributed by atoms with E-state index in [1.54, 1.807) is 6.07 Å². The summed E-state index contributed by atoms with van der Waals surface area (Å²) in [4.78, 5) is 4.67. The fourth-order valence-electron chi connectivity index (χ4n) is 3.68. The molecule has 0 radical (unpaired) electrons. The van der Waals surface area contributed by atoms with Crippen LogP contribution in [0.5, 0.6) is 0 Å². The van der Waals surface area contributed by atoms with Gasteiger partial charge >= 0.3 is 0 Å². The summed E-state index contributed by atoms with van der Waals surface area (Å²) in [6.45, 7) is 8.19. The number of piperazine rings is 1. The van der Waals surface area contributed by atoms with Crippen LogP contribution in [-0.2, 0) is 6.67 Å². The third kappa shape index (κ3) is 4.27. The Balaban J connectivity index is 2.07. The molecular formula is C22H27ClF2N2. The van der Waals surface area contributed by atoms with E-state index in [0.29, 0.717) is 28.1 Å². The van der Waals surface area contributed by atoms with Gasteiger partial charge in [-0.05, 0) is 36.2 Å². The fourth-order valence-corrected chi connectivity index (χ4v) is 4.01. The van der Waals surface area contributed by atoms with Crippen molar-refractivity contribution in [3.05, 3.63) is 52.5 Å². The second-order valence-electron chi connectivity index (χ2n) is 6.98. The van der Waals surface area contributed by atoms with Gasteiger partial charge in [0, 0.05) is 43.0 Å². The van der Waals surface area contributed by atoms with E-state index in [4.69, 9.17) is 11.6 Å². The van der Waals surface area contributed by atoms with E-state index in [9.17, 15) is 8.78 Å². The molecule has 2 nitrogen and oxygen atoms in total. The lowest BCUT2D eigenvalue weighted by molar-refractivity contribution is 0.271. The van der Waals surface area contributed by atoms with Gasteiger partial charge in [-0.15, -0.1) is 0 Å². The van der Waals surface area contributed by atoms with Crippen LogP contribution in [0.1, 0.15) is 37.6 Å². The molecule has 0 bridgehead atoms. The summed E-state index contributed by atoms with van der Waals surface area (Å²) in [6.07, 6.45) is -0.776. The van der Waals surface area contributed by atoms with Crippen molar-refractivity contribution in [1.29, 1.82) is 0 Å². The van der Waals surface area contributed by atoms with E-state index in [2.05, 4.69) is 16.7 Å². The zero-order valence-electron chi connectivity index (χ0n) is 16.0. The van der Waals surface area contributed by atoms with Crippen LogP contribution in [0.15, 0.2) is 36.4 Å². The summed E-state index contributed by atoms with van der Waals surface area (Å²) >= 11 is 6.61. The molecule has 0 amide bonds. The summed E-state index contributed by atoms with van der Waals surface area (Å²) in [6, 6.07) is 11.2. The molecule has 1 atom stereocenters. The summed E-state index contributed by atoms with van der Waals surface area (Å²) in [5, 5.41) is 0.390. The molecule has 1 saturated heterocycles. The van der Waals surface area contributed by atoms with Crippen molar-refractivity contribution in [3.63, 3.8) is 0 Å². The minimum absolute atomic E-state index is 0.358. The molecule has 0 aromatic heterocycles. The topological polar surface area (TPSA) is 6.48 Å². The van der Waals surface area contributed by atoms with Crippen LogP contribution in [0.3, 0.4) is 0 Å². The number of alkyl halides is 2. The normalized spacial score (nSPS) is 16.6. The van der Waals surface area contributed by atoms with Crippen molar-refractivity contribution in [2.45, 2.75) is 33.1 Å². The summed E-state index contributed by atoms with van der Waals surface area (Å²) in [5.74, 6) is 0. The number of hydrogen-bond acceptors (Lipinski definition) is 2. The van der Waals surface area contributed by atoms with Gasteiger partial charge in [0.1, 0.15) is 12.8 Å². The Morgan fingerprint density at radius 3 is 2.37 bits per heavy atom. The van der Waals surface area contributed by atoms with E-state index in [0.717, 1.165) is 44.0 Å². The first kappa shape index (κ1) is 20.1. The number of nitrogens with zero attached hydrogens (tertiary/aromatic N) is 2. The number of likely N-dealkylation sites (N-methyl/N-ethyl adjacent to an activating group) is 1. The number of benzene rings is 2. The zero-order chi connectivity index (χ0) is 19.4. The Hall–Kier alpha value is -1.65. The molecule has 0 aliphatic carbocycles. The predicted octanol–water partition coefficient (Wildman–Crippen LogP) is 6.04. The van der Waals surface area contributed by atoms with Crippen LogP contribution in [0.2, 0.25) is 5.02 Å². The number of halogens is 3. The number of anilines is 1. The maximum atomic E-state index is 14.7. The van der Waals surface area contributed by atoms with Crippen LogP contribution in [0, 0.1) is 0 Å². The van der Waals surface area contributed by atoms with Gasteiger partial charge in [-0.2, -0.15) is 0 Å². The Kier molecular flexibility index (Phi) is 6.72. The quantitative estimate of drug-likeness (QED) is 0.591. The largest absolute Gasteiger partial charge is 0.369 e. The lowest BCUT2D eigenvalue weighted by atomic mass is 9.95. The first-order chi connectivity index (χ1) is 13.1. The highest BCUT2D eigenvalue weighted by atomic mass is 35.5. The lowest BCUT2D eigenvalue weighted by Crippen LogP contribution is -2.46.